The van der Waals surface area contributed by atoms with E-state index in [2.05, 4.69) is 25.1 Å². The molecule has 0 fully saturated rings. The smallest absolute Gasteiger partial charge is 0.169 e. The number of rotatable bonds is 3. The first-order valence-electron chi connectivity index (χ1n) is 5.41. The van der Waals surface area contributed by atoms with Gasteiger partial charge in [0.15, 0.2) is 5.78 Å². The number of carbonyl (C=O) groups is 1. The van der Waals surface area contributed by atoms with Crippen LogP contribution < -0.4 is 0 Å². The summed E-state index contributed by atoms with van der Waals surface area (Å²) in [4.78, 5) is 13.3. The molecule has 0 spiro atoms. The van der Waals surface area contributed by atoms with Gasteiger partial charge in [0.2, 0.25) is 0 Å². The quantitative estimate of drug-likeness (QED) is 0.723. The highest BCUT2D eigenvalue weighted by molar-refractivity contribution is 7.17. The molecule has 0 N–H and O–H groups in total. The summed E-state index contributed by atoms with van der Waals surface area (Å²) < 4.78 is 0. The van der Waals surface area contributed by atoms with Crippen molar-refractivity contribution < 1.29 is 4.79 Å². The lowest BCUT2D eigenvalue weighted by molar-refractivity contribution is 0.102. The fraction of sp³-hybridized carbons (Fsp3) is 0.214. The molecule has 0 radical (unpaired) electrons. The molecule has 16 heavy (non-hydrogen) atoms. The minimum atomic E-state index is 0.144. The molecule has 0 aliphatic rings. The fourth-order valence-corrected chi connectivity index (χ4v) is 2.70. The normalized spacial score (nSPS) is 10.4. The highest BCUT2D eigenvalue weighted by Gasteiger charge is 2.08. The van der Waals surface area contributed by atoms with Crippen LogP contribution in [0.25, 0.3) is 10.4 Å². The Morgan fingerprint density at radius 2 is 1.94 bits per heavy atom. The molecular formula is C14H14OS. The average molecular weight is 230 g/mol. The van der Waals surface area contributed by atoms with Gasteiger partial charge in [0.05, 0.1) is 4.88 Å². The summed E-state index contributed by atoms with van der Waals surface area (Å²) in [5.74, 6) is 0.144. The molecule has 0 aliphatic carbocycles. The Morgan fingerprint density at radius 3 is 2.56 bits per heavy atom. The van der Waals surface area contributed by atoms with E-state index in [0.29, 0.717) is 0 Å². The SMILES string of the molecule is CCc1ccccc1-c1ccc(C(C)=O)s1. The average Bonchev–Trinajstić information content (AvgIpc) is 2.78. The van der Waals surface area contributed by atoms with E-state index in [-0.39, 0.29) is 5.78 Å². The van der Waals surface area contributed by atoms with Gasteiger partial charge < -0.3 is 0 Å². The van der Waals surface area contributed by atoms with Gasteiger partial charge in [0, 0.05) is 4.88 Å². The minimum absolute atomic E-state index is 0.144. The maximum Gasteiger partial charge on any atom is 0.169 e. The first-order chi connectivity index (χ1) is 7.72. The van der Waals surface area contributed by atoms with Crippen molar-refractivity contribution in [3.05, 3.63) is 46.8 Å². The lowest BCUT2D eigenvalue weighted by Gasteiger charge is -2.04. The highest BCUT2D eigenvalue weighted by Crippen LogP contribution is 2.31. The Labute approximate surface area is 99.8 Å². The van der Waals surface area contributed by atoms with Gasteiger partial charge in [-0.3, -0.25) is 4.79 Å². The third kappa shape index (κ3) is 2.07. The van der Waals surface area contributed by atoms with Crippen LogP contribution >= 0.6 is 11.3 Å². The number of hydrogen-bond donors (Lipinski definition) is 0. The van der Waals surface area contributed by atoms with Crippen molar-refractivity contribution >= 4 is 17.1 Å². The second kappa shape index (κ2) is 4.62. The summed E-state index contributed by atoms with van der Waals surface area (Å²) in [6, 6.07) is 12.3. The Kier molecular flexibility index (Phi) is 3.20. The van der Waals surface area contributed by atoms with Crippen molar-refractivity contribution in [1.82, 2.24) is 0 Å². The van der Waals surface area contributed by atoms with Gasteiger partial charge in [-0.05, 0) is 36.6 Å². The molecule has 0 bridgehead atoms. The molecule has 0 aliphatic heterocycles. The molecule has 2 rings (SSSR count). The molecule has 0 unspecified atom stereocenters. The molecule has 2 heteroatoms. The molecule has 2 aromatic rings. The van der Waals surface area contributed by atoms with Gasteiger partial charge in [-0.2, -0.15) is 0 Å². The Balaban J connectivity index is 2.46. The van der Waals surface area contributed by atoms with Gasteiger partial charge in [-0.1, -0.05) is 31.2 Å². The first-order valence-corrected chi connectivity index (χ1v) is 6.23. The Hall–Kier alpha value is -1.41. The number of carbonyl (C=O) groups excluding carboxylic acids is 1. The van der Waals surface area contributed by atoms with Crippen molar-refractivity contribution in [2.24, 2.45) is 0 Å². The molecule has 0 saturated carbocycles. The fourth-order valence-electron chi connectivity index (χ4n) is 1.74. The molecule has 0 atom stereocenters. The molecule has 0 amide bonds. The van der Waals surface area contributed by atoms with Crippen molar-refractivity contribution in [2.45, 2.75) is 20.3 Å². The number of Topliss-reactive ketones (excluding diaryl/α,β-unsaturated/α-hetero) is 1. The maximum atomic E-state index is 11.3. The van der Waals surface area contributed by atoms with E-state index in [0.717, 1.165) is 11.3 Å². The lowest BCUT2D eigenvalue weighted by atomic mass is 10.0. The molecule has 82 valence electrons. The van der Waals surface area contributed by atoms with Crippen molar-refractivity contribution in [1.29, 1.82) is 0 Å². The first kappa shape index (κ1) is 11.1. The van der Waals surface area contributed by atoms with E-state index in [9.17, 15) is 4.79 Å². The zero-order chi connectivity index (χ0) is 11.5. The monoisotopic (exact) mass is 230 g/mol. The van der Waals surface area contributed by atoms with Crippen LogP contribution in [0.2, 0.25) is 0 Å². The van der Waals surface area contributed by atoms with Crippen LogP contribution in [-0.4, -0.2) is 5.78 Å². The summed E-state index contributed by atoms with van der Waals surface area (Å²) in [6.45, 7) is 3.76. The van der Waals surface area contributed by atoms with E-state index >= 15 is 0 Å². The van der Waals surface area contributed by atoms with Crippen LogP contribution in [-0.2, 0) is 6.42 Å². The summed E-state index contributed by atoms with van der Waals surface area (Å²) in [7, 11) is 0. The summed E-state index contributed by atoms with van der Waals surface area (Å²) in [5, 5.41) is 0. The van der Waals surface area contributed by atoms with Crippen LogP contribution in [0.5, 0.6) is 0 Å². The van der Waals surface area contributed by atoms with Crippen molar-refractivity contribution in [3.8, 4) is 10.4 Å². The topological polar surface area (TPSA) is 17.1 Å². The molecule has 0 saturated heterocycles. The van der Waals surface area contributed by atoms with E-state index in [4.69, 9.17) is 0 Å². The number of thiophene rings is 1. The Bertz CT molecular complexity index is 511. The molecule has 1 heterocycles. The third-order valence-corrected chi connectivity index (χ3v) is 3.84. The third-order valence-electron chi connectivity index (χ3n) is 2.62. The molecule has 1 nitrogen and oxygen atoms in total. The zero-order valence-electron chi connectivity index (χ0n) is 9.49. The van der Waals surface area contributed by atoms with Crippen LogP contribution in [0.1, 0.15) is 29.1 Å². The van der Waals surface area contributed by atoms with E-state index in [1.807, 2.05) is 18.2 Å². The molecule has 1 aromatic heterocycles. The summed E-state index contributed by atoms with van der Waals surface area (Å²) >= 11 is 1.57. The summed E-state index contributed by atoms with van der Waals surface area (Å²) in [5.41, 5.74) is 2.59. The van der Waals surface area contributed by atoms with Gasteiger partial charge in [-0.25, -0.2) is 0 Å². The number of hydrogen-bond acceptors (Lipinski definition) is 2. The van der Waals surface area contributed by atoms with E-state index in [1.54, 1.807) is 18.3 Å². The Morgan fingerprint density at radius 1 is 1.19 bits per heavy atom. The van der Waals surface area contributed by atoms with Gasteiger partial charge in [-0.15, -0.1) is 11.3 Å². The lowest BCUT2D eigenvalue weighted by Crippen LogP contribution is -1.85. The van der Waals surface area contributed by atoms with Crippen LogP contribution in [0.15, 0.2) is 36.4 Å². The zero-order valence-corrected chi connectivity index (χ0v) is 10.3. The number of benzene rings is 1. The number of ketones is 1. The van der Waals surface area contributed by atoms with Gasteiger partial charge in [0.1, 0.15) is 0 Å². The van der Waals surface area contributed by atoms with Crippen LogP contribution in [0.3, 0.4) is 0 Å². The second-order valence-electron chi connectivity index (χ2n) is 3.73. The van der Waals surface area contributed by atoms with E-state index in [1.165, 1.54) is 16.0 Å². The highest BCUT2D eigenvalue weighted by atomic mass is 32.1. The summed E-state index contributed by atoms with van der Waals surface area (Å²) in [6.07, 6.45) is 1.02. The van der Waals surface area contributed by atoms with E-state index < -0.39 is 0 Å². The van der Waals surface area contributed by atoms with Crippen LogP contribution in [0.4, 0.5) is 0 Å². The van der Waals surface area contributed by atoms with Gasteiger partial charge in [0.25, 0.3) is 0 Å². The minimum Gasteiger partial charge on any atom is -0.294 e. The van der Waals surface area contributed by atoms with Crippen molar-refractivity contribution in [3.63, 3.8) is 0 Å². The standard InChI is InChI=1S/C14H14OS/c1-3-11-6-4-5-7-12(11)14-9-8-13(16-14)10(2)15/h4-9H,3H2,1-2H3. The number of aryl methyl sites for hydroxylation is 1. The van der Waals surface area contributed by atoms with Gasteiger partial charge >= 0.3 is 0 Å². The largest absolute Gasteiger partial charge is 0.294 e. The van der Waals surface area contributed by atoms with Crippen LogP contribution in [0, 0.1) is 0 Å². The maximum absolute atomic E-state index is 11.3. The molecule has 1 aromatic carbocycles. The molecular weight excluding hydrogens is 216 g/mol. The second-order valence-corrected chi connectivity index (χ2v) is 4.81. The predicted molar refractivity (Wildman–Crippen MR) is 69.1 cm³/mol. The van der Waals surface area contributed by atoms with Crippen molar-refractivity contribution in [2.75, 3.05) is 0 Å². The predicted octanol–water partition coefficient (Wildman–Crippen LogP) is 4.18.